The van der Waals surface area contributed by atoms with Crippen molar-refractivity contribution >= 4 is 17.7 Å². The average molecular weight is 395 g/mol. The van der Waals surface area contributed by atoms with Crippen molar-refractivity contribution in [1.29, 1.82) is 0 Å². The van der Waals surface area contributed by atoms with Crippen LogP contribution in [-0.4, -0.2) is 36.5 Å². The molecule has 28 heavy (non-hydrogen) atoms. The Hall–Kier alpha value is -1.95. The van der Waals surface area contributed by atoms with Gasteiger partial charge >= 0.3 is 11.9 Å². The van der Waals surface area contributed by atoms with E-state index in [-0.39, 0.29) is 23.0 Å². The van der Waals surface area contributed by atoms with Gasteiger partial charge in [-0.3, -0.25) is 9.59 Å². The Morgan fingerprint density at radius 3 is 2.61 bits per heavy atom. The van der Waals surface area contributed by atoms with Crippen LogP contribution in [0.3, 0.4) is 0 Å². The van der Waals surface area contributed by atoms with Gasteiger partial charge in [0, 0.05) is 26.4 Å². The summed E-state index contributed by atoms with van der Waals surface area (Å²) in [4.78, 5) is 34.1. The number of unbranched alkanes of at least 4 members (excludes halogenated alkanes) is 2. The number of esters is 1. The van der Waals surface area contributed by atoms with Gasteiger partial charge in [0.1, 0.15) is 5.78 Å². The molecule has 0 aromatic heterocycles. The summed E-state index contributed by atoms with van der Waals surface area (Å²) in [5, 5.41) is 8.99. The number of carbonyl (C=O) groups excluding carboxylic acids is 2. The Morgan fingerprint density at radius 2 is 2.00 bits per heavy atom. The van der Waals surface area contributed by atoms with E-state index in [2.05, 4.69) is 30.7 Å². The Kier molecular flexibility index (Phi) is 10.1. The maximum absolute atomic E-state index is 12.2. The first kappa shape index (κ1) is 24.1. The molecule has 0 unspecified atom stereocenters. The molecule has 0 saturated heterocycles. The minimum absolute atomic E-state index is 0.0539. The maximum Gasteiger partial charge on any atom is 0.371 e. The summed E-state index contributed by atoms with van der Waals surface area (Å²) in [7, 11) is 1.71. The molecule has 0 aromatic carbocycles. The fourth-order valence-corrected chi connectivity index (χ4v) is 3.62. The summed E-state index contributed by atoms with van der Waals surface area (Å²) in [6.45, 7) is 6.19. The number of allylic oxidation sites excluding steroid dienone is 3. The van der Waals surface area contributed by atoms with E-state index in [1.165, 1.54) is 13.0 Å². The molecule has 0 spiro atoms. The molecule has 2 atom stereocenters. The van der Waals surface area contributed by atoms with Crippen molar-refractivity contribution in [2.45, 2.75) is 65.7 Å². The van der Waals surface area contributed by atoms with Crippen LogP contribution in [-0.2, 0) is 23.9 Å². The molecule has 0 amide bonds. The van der Waals surface area contributed by atoms with Crippen molar-refractivity contribution in [1.82, 2.24) is 0 Å². The lowest BCUT2D eigenvalue weighted by Gasteiger charge is -2.22. The number of Topliss-reactive ketones (excluding diaryl/α,β-unsaturated/α-hetero) is 1. The lowest BCUT2D eigenvalue weighted by atomic mass is 9.87. The van der Waals surface area contributed by atoms with Gasteiger partial charge in [-0.15, -0.1) is 0 Å². The molecule has 0 aromatic rings. The SMILES string of the molecule is COCC(C)(C)CC=C[C@H]1CCC(=O)[C@@H]1CCCCC=C(OC(C)=O)C(=O)O. The third-order valence-electron chi connectivity index (χ3n) is 5.01. The van der Waals surface area contributed by atoms with Crippen molar-refractivity contribution in [3.05, 3.63) is 24.0 Å². The van der Waals surface area contributed by atoms with Crippen LogP contribution in [0.5, 0.6) is 0 Å². The van der Waals surface area contributed by atoms with Crippen LogP contribution in [0.4, 0.5) is 0 Å². The minimum atomic E-state index is -1.25. The number of ether oxygens (including phenoxy) is 2. The molecule has 1 N–H and O–H groups in total. The zero-order valence-electron chi connectivity index (χ0n) is 17.5. The molecule has 158 valence electrons. The highest BCUT2D eigenvalue weighted by Gasteiger charge is 2.32. The molecule has 6 nitrogen and oxygen atoms in total. The summed E-state index contributed by atoms with van der Waals surface area (Å²) < 4.78 is 9.90. The largest absolute Gasteiger partial charge is 0.475 e. The normalized spacial score (nSPS) is 20.7. The molecule has 0 radical (unpaired) electrons. The smallest absolute Gasteiger partial charge is 0.371 e. The monoisotopic (exact) mass is 394 g/mol. The Bertz CT molecular complexity index is 602. The maximum atomic E-state index is 12.2. The van der Waals surface area contributed by atoms with E-state index >= 15 is 0 Å². The highest BCUT2D eigenvalue weighted by atomic mass is 16.6. The number of carbonyl (C=O) groups is 3. The first-order valence-corrected chi connectivity index (χ1v) is 9.96. The van der Waals surface area contributed by atoms with Crippen LogP contribution in [0.1, 0.15) is 65.7 Å². The van der Waals surface area contributed by atoms with Gasteiger partial charge < -0.3 is 14.6 Å². The topological polar surface area (TPSA) is 89.9 Å². The average Bonchev–Trinajstić information content (AvgIpc) is 2.93. The van der Waals surface area contributed by atoms with Crippen molar-refractivity contribution in [3.8, 4) is 0 Å². The van der Waals surface area contributed by atoms with Gasteiger partial charge in [-0.25, -0.2) is 4.79 Å². The molecule has 6 heteroatoms. The number of rotatable bonds is 12. The van der Waals surface area contributed by atoms with E-state index in [0.717, 1.165) is 32.1 Å². The van der Waals surface area contributed by atoms with Crippen molar-refractivity contribution < 1.29 is 29.0 Å². The van der Waals surface area contributed by atoms with Crippen LogP contribution in [0.2, 0.25) is 0 Å². The lowest BCUT2D eigenvalue weighted by Crippen LogP contribution is -2.17. The Morgan fingerprint density at radius 1 is 1.29 bits per heavy atom. The summed E-state index contributed by atoms with van der Waals surface area (Å²) in [5.41, 5.74) is 0.0828. The molecular formula is C22H34O6. The first-order chi connectivity index (χ1) is 13.2. The predicted molar refractivity (Wildman–Crippen MR) is 107 cm³/mol. The highest BCUT2D eigenvalue weighted by molar-refractivity contribution is 5.87. The van der Waals surface area contributed by atoms with Crippen molar-refractivity contribution in [3.63, 3.8) is 0 Å². The summed E-state index contributed by atoms with van der Waals surface area (Å²) in [5.74, 6) is -1.55. The summed E-state index contributed by atoms with van der Waals surface area (Å²) in [6, 6.07) is 0. The van der Waals surface area contributed by atoms with Gasteiger partial charge in [-0.1, -0.05) is 32.4 Å². The molecule has 1 aliphatic rings. The minimum Gasteiger partial charge on any atom is -0.475 e. The molecule has 1 rings (SSSR count). The number of carboxylic acid groups (broad SMARTS) is 1. The van der Waals surface area contributed by atoms with Gasteiger partial charge in [0.25, 0.3) is 0 Å². The fourth-order valence-electron chi connectivity index (χ4n) is 3.62. The zero-order valence-corrected chi connectivity index (χ0v) is 17.5. The van der Waals surface area contributed by atoms with Gasteiger partial charge in [0.2, 0.25) is 5.76 Å². The van der Waals surface area contributed by atoms with E-state index in [1.54, 1.807) is 7.11 Å². The van der Waals surface area contributed by atoms with Crippen LogP contribution in [0.25, 0.3) is 0 Å². The number of hydrogen-bond donors (Lipinski definition) is 1. The fraction of sp³-hybridized carbons (Fsp3) is 0.682. The third kappa shape index (κ3) is 8.83. The summed E-state index contributed by atoms with van der Waals surface area (Å²) >= 11 is 0. The van der Waals surface area contributed by atoms with E-state index in [1.807, 2.05) is 0 Å². The zero-order chi connectivity index (χ0) is 21.2. The van der Waals surface area contributed by atoms with E-state index in [0.29, 0.717) is 25.2 Å². The quantitative estimate of drug-likeness (QED) is 0.175. The first-order valence-electron chi connectivity index (χ1n) is 9.96. The number of aliphatic carboxylic acids is 1. The number of methoxy groups -OCH3 is 1. The van der Waals surface area contributed by atoms with Gasteiger partial charge in [-0.05, 0) is 49.5 Å². The van der Waals surface area contributed by atoms with Gasteiger partial charge in [-0.2, -0.15) is 0 Å². The van der Waals surface area contributed by atoms with Crippen molar-refractivity contribution in [2.24, 2.45) is 17.3 Å². The van der Waals surface area contributed by atoms with Crippen LogP contribution in [0, 0.1) is 17.3 Å². The van der Waals surface area contributed by atoms with E-state index in [9.17, 15) is 14.4 Å². The predicted octanol–water partition coefficient (Wildman–Crippen LogP) is 4.29. The third-order valence-corrected chi connectivity index (χ3v) is 5.01. The number of carboxylic acids is 1. The number of ketones is 1. The van der Waals surface area contributed by atoms with Crippen LogP contribution >= 0.6 is 0 Å². The number of hydrogen-bond acceptors (Lipinski definition) is 5. The second-order valence-corrected chi connectivity index (χ2v) is 8.26. The molecule has 0 heterocycles. The molecule has 0 bridgehead atoms. The Labute approximate surface area is 168 Å². The van der Waals surface area contributed by atoms with Gasteiger partial charge in [0.15, 0.2) is 0 Å². The van der Waals surface area contributed by atoms with E-state index in [4.69, 9.17) is 9.84 Å². The molecule has 1 aliphatic carbocycles. The van der Waals surface area contributed by atoms with Crippen LogP contribution in [0.15, 0.2) is 24.0 Å². The summed E-state index contributed by atoms with van der Waals surface area (Å²) in [6.07, 6.45) is 11.1. The molecule has 0 aliphatic heterocycles. The molecule has 1 saturated carbocycles. The Balaban J connectivity index is 2.47. The molecule has 1 fully saturated rings. The van der Waals surface area contributed by atoms with Crippen LogP contribution < -0.4 is 0 Å². The second kappa shape index (κ2) is 11.8. The van der Waals surface area contributed by atoms with Gasteiger partial charge in [0.05, 0.1) is 6.61 Å². The lowest BCUT2D eigenvalue weighted by molar-refractivity contribution is -0.146. The second-order valence-electron chi connectivity index (χ2n) is 8.26. The molecular weight excluding hydrogens is 360 g/mol. The highest BCUT2D eigenvalue weighted by Crippen LogP contribution is 2.34. The van der Waals surface area contributed by atoms with E-state index < -0.39 is 11.9 Å². The standard InChI is InChI=1S/C22H34O6/c1-16(23)28-20(21(25)26)11-7-5-6-10-18-17(12-13-19(18)24)9-8-14-22(2,3)15-27-4/h8-9,11,17-18H,5-7,10,12-15H2,1-4H3,(H,25,26)/t17-,18+/m0/s1. The van der Waals surface area contributed by atoms with Crippen molar-refractivity contribution in [2.75, 3.05) is 13.7 Å².